The number of aromatic nitrogens is 1. The van der Waals surface area contributed by atoms with Crippen LogP contribution in [0.5, 0.6) is 0 Å². The predicted octanol–water partition coefficient (Wildman–Crippen LogP) is 4.43. The fourth-order valence-electron chi connectivity index (χ4n) is 2.73. The molecule has 0 saturated heterocycles. The van der Waals surface area contributed by atoms with Gasteiger partial charge in [0.1, 0.15) is 11.7 Å². The Morgan fingerprint density at radius 3 is 2.80 bits per heavy atom. The maximum absolute atomic E-state index is 6.08. The van der Waals surface area contributed by atoms with Crippen molar-refractivity contribution in [1.82, 2.24) is 4.98 Å². The number of hydrogen-bond acceptors (Lipinski definition) is 5. The minimum absolute atomic E-state index is 0.277. The van der Waals surface area contributed by atoms with E-state index in [1.165, 1.54) is 0 Å². The van der Waals surface area contributed by atoms with Gasteiger partial charge in [-0.25, -0.2) is 4.98 Å². The van der Waals surface area contributed by atoms with Gasteiger partial charge in [-0.05, 0) is 35.7 Å². The molecule has 4 rings (SSSR count). The van der Waals surface area contributed by atoms with Crippen molar-refractivity contribution in [3.63, 3.8) is 0 Å². The van der Waals surface area contributed by atoms with Crippen LogP contribution in [-0.2, 0) is 0 Å². The molecule has 5 nitrogen and oxygen atoms in total. The number of halogens is 1. The van der Waals surface area contributed by atoms with Gasteiger partial charge in [0.25, 0.3) is 0 Å². The van der Waals surface area contributed by atoms with Crippen LogP contribution in [0.3, 0.4) is 0 Å². The van der Waals surface area contributed by atoms with Gasteiger partial charge in [-0.3, -0.25) is 0 Å². The number of nitrogens with zero attached hydrogens (tertiary/aromatic N) is 2. The lowest BCUT2D eigenvalue weighted by Gasteiger charge is -2.10. The first kappa shape index (κ1) is 15.7. The second-order valence-corrected chi connectivity index (χ2v) is 6.86. The molecule has 25 heavy (non-hydrogen) atoms. The standard InChI is InChI=1S/C18H14ClN5S/c19-11-2-1-3-12(9-11)22-18-14-6-7-25-16(14)13-5-4-10(17(20)24-21)8-15(13)23-18/h1-9H,21H2,(H2,20,24)(H,22,23). The van der Waals surface area contributed by atoms with Crippen LogP contribution in [-0.4, -0.2) is 10.8 Å². The topological polar surface area (TPSA) is 89.3 Å². The van der Waals surface area contributed by atoms with E-state index in [-0.39, 0.29) is 5.84 Å². The van der Waals surface area contributed by atoms with Crippen molar-refractivity contribution in [2.24, 2.45) is 16.7 Å². The molecule has 0 atom stereocenters. The van der Waals surface area contributed by atoms with E-state index in [0.29, 0.717) is 5.02 Å². The second-order valence-electron chi connectivity index (χ2n) is 5.51. The predicted molar refractivity (Wildman–Crippen MR) is 107 cm³/mol. The fraction of sp³-hybridized carbons (Fsp3) is 0. The van der Waals surface area contributed by atoms with Gasteiger partial charge in [-0.15, -0.1) is 11.3 Å². The maximum atomic E-state index is 6.08. The third-order valence-corrected chi connectivity index (χ3v) is 5.10. The third kappa shape index (κ3) is 2.86. The van der Waals surface area contributed by atoms with Crippen molar-refractivity contribution in [2.75, 3.05) is 5.32 Å². The Labute approximate surface area is 152 Å². The van der Waals surface area contributed by atoms with Crippen molar-refractivity contribution in [1.29, 1.82) is 0 Å². The quantitative estimate of drug-likeness (QED) is 0.216. The summed E-state index contributed by atoms with van der Waals surface area (Å²) in [6, 6.07) is 15.4. The summed E-state index contributed by atoms with van der Waals surface area (Å²) in [6.45, 7) is 0. The van der Waals surface area contributed by atoms with Crippen LogP contribution in [0.2, 0.25) is 5.02 Å². The van der Waals surface area contributed by atoms with E-state index in [1.807, 2.05) is 42.5 Å². The second kappa shape index (κ2) is 6.23. The minimum Gasteiger partial charge on any atom is -0.382 e. The van der Waals surface area contributed by atoms with Crippen molar-refractivity contribution >= 4 is 61.3 Å². The number of pyridine rings is 1. The number of nitrogens with two attached hydrogens (primary N) is 2. The lowest BCUT2D eigenvalue weighted by atomic mass is 10.1. The molecule has 4 aromatic rings. The van der Waals surface area contributed by atoms with Crippen molar-refractivity contribution < 1.29 is 0 Å². The van der Waals surface area contributed by atoms with Gasteiger partial charge < -0.3 is 16.9 Å². The van der Waals surface area contributed by atoms with Crippen molar-refractivity contribution in [3.8, 4) is 0 Å². The molecule has 2 aromatic heterocycles. The zero-order valence-electron chi connectivity index (χ0n) is 13.0. The van der Waals surface area contributed by atoms with Crippen LogP contribution >= 0.6 is 22.9 Å². The van der Waals surface area contributed by atoms with Crippen molar-refractivity contribution in [2.45, 2.75) is 0 Å². The normalized spacial score (nSPS) is 12.0. The number of anilines is 2. The van der Waals surface area contributed by atoms with Crippen LogP contribution in [0.1, 0.15) is 5.56 Å². The molecule has 7 heteroatoms. The molecule has 2 aromatic carbocycles. The molecule has 0 aliphatic rings. The summed E-state index contributed by atoms with van der Waals surface area (Å²) in [6.07, 6.45) is 0. The molecule has 0 spiro atoms. The average molecular weight is 368 g/mol. The average Bonchev–Trinajstić information content (AvgIpc) is 3.11. The van der Waals surface area contributed by atoms with E-state index in [9.17, 15) is 0 Å². The summed E-state index contributed by atoms with van der Waals surface area (Å²) in [5.41, 5.74) is 8.27. The molecule has 0 aliphatic carbocycles. The number of amidine groups is 1. The maximum Gasteiger partial charge on any atom is 0.150 e. The van der Waals surface area contributed by atoms with E-state index in [4.69, 9.17) is 28.2 Å². The van der Waals surface area contributed by atoms with Crippen LogP contribution in [0.4, 0.5) is 11.5 Å². The van der Waals surface area contributed by atoms with Gasteiger partial charge in [-0.1, -0.05) is 29.8 Å². The molecular weight excluding hydrogens is 354 g/mol. The molecule has 0 saturated carbocycles. The van der Waals surface area contributed by atoms with E-state index in [2.05, 4.69) is 21.9 Å². The van der Waals surface area contributed by atoms with E-state index >= 15 is 0 Å². The number of benzene rings is 2. The highest BCUT2D eigenvalue weighted by atomic mass is 35.5. The lowest BCUT2D eigenvalue weighted by Crippen LogP contribution is -2.15. The zero-order chi connectivity index (χ0) is 17.4. The van der Waals surface area contributed by atoms with Gasteiger partial charge in [0, 0.05) is 31.7 Å². The highest BCUT2D eigenvalue weighted by Crippen LogP contribution is 2.35. The van der Waals surface area contributed by atoms with Crippen LogP contribution in [0.15, 0.2) is 59.0 Å². The molecule has 0 radical (unpaired) electrons. The van der Waals surface area contributed by atoms with Crippen LogP contribution in [0.25, 0.3) is 21.0 Å². The fourth-order valence-corrected chi connectivity index (χ4v) is 3.86. The summed E-state index contributed by atoms with van der Waals surface area (Å²) in [7, 11) is 0. The molecule has 124 valence electrons. The first-order valence-electron chi connectivity index (χ1n) is 7.53. The van der Waals surface area contributed by atoms with Gasteiger partial charge in [0.05, 0.1) is 5.52 Å². The Hall–Kier alpha value is -2.83. The third-order valence-electron chi connectivity index (χ3n) is 3.92. The summed E-state index contributed by atoms with van der Waals surface area (Å²) in [4.78, 5) is 4.78. The summed E-state index contributed by atoms with van der Waals surface area (Å²) < 4.78 is 1.16. The molecule has 0 aliphatic heterocycles. The molecule has 0 bridgehead atoms. The van der Waals surface area contributed by atoms with E-state index in [0.717, 1.165) is 38.1 Å². The Bertz CT molecular complexity index is 1120. The van der Waals surface area contributed by atoms with Crippen molar-refractivity contribution in [3.05, 3.63) is 64.5 Å². The zero-order valence-corrected chi connectivity index (χ0v) is 14.6. The Kier molecular flexibility index (Phi) is 3.91. The largest absolute Gasteiger partial charge is 0.382 e. The Morgan fingerprint density at radius 1 is 1.12 bits per heavy atom. The highest BCUT2D eigenvalue weighted by Gasteiger charge is 2.11. The van der Waals surface area contributed by atoms with Crippen LogP contribution in [0, 0.1) is 0 Å². The molecule has 0 amide bonds. The number of hydrazone groups is 1. The van der Waals surface area contributed by atoms with Gasteiger partial charge in [0.15, 0.2) is 0 Å². The first-order chi connectivity index (χ1) is 12.2. The monoisotopic (exact) mass is 367 g/mol. The Balaban J connectivity index is 1.91. The minimum atomic E-state index is 0.277. The summed E-state index contributed by atoms with van der Waals surface area (Å²) in [5.74, 6) is 6.34. The lowest BCUT2D eigenvalue weighted by molar-refractivity contribution is 1.23. The number of rotatable bonds is 3. The summed E-state index contributed by atoms with van der Waals surface area (Å²) >= 11 is 7.75. The first-order valence-corrected chi connectivity index (χ1v) is 8.79. The SMILES string of the molecule is N/N=C(\N)c1ccc2c(c1)nc(Nc1cccc(Cl)c1)c1ccsc12. The van der Waals surface area contributed by atoms with E-state index < -0.39 is 0 Å². The molecule has 2 heterocycles. The number of thiophene rings is 1. The van der Waals surface area contributed by atoms with Gasteiger partial charge in [0.2, 0.25) is 0 Å². The van der Waals surface area contributed by atoms with Crippen LogP contribution < -0.4 is 16.9 Å². The molecule has 0 unspecified atom stereocenters. The van der Waals surface area contributed by atoms with E-state index in [1.54, 1.807) is 11.3 Å². The van der Waals surface area contributed by atoms with Gasteiger partial charge in [-0.2, -0.15) is 5.10 Å². The molecule has 0 fully saturated rings. The number of fused-ring (bicyclic) bond motifs is 3. The summed E-state index contributed by atoms with van der Waals surface area (Å²) in [5, 5.41) is 11.8. The van der Waals surface area contributed by atoms with Gasteiger partial charge >= 0.3 is 0 Å². The number of hydrogen-bond donors (Lipinski definition) is 3. The smallest absolute Gasteiger partial charge is 0.150 e. The highest BCUT2D eigenvalue weighted by molar-refractivity contribution is 7.18. The number of nitrogens with one attached hydrogen (secondary N) is 1. The molecule has 5 N–H and O–H groups in total. The molecular formula is C18H14ClN5S. The Morgan fingerprint density at radius 2 is 2.00 bits per heavy atom.